The van der Waals surface area contributed by atoms with E-state index in [0.717, 1.165) is 19.3 Å². The molecule has 1 heterocycles. The van der Waals surface area contributed by atoms with Crippen molar-refractivity contribution in [1.82, 2.24) is 4.98 Å². The van der Waals surface area contributed by atoms with E-state index in [2.05, 4.69) is 43.5 Å². The average molecular weight is 418 g/mol. The Bertz CT molecular complexity index is 533. The van der Waals surface area contributed by atoms with Crippen molar-refractivity contribution in [3.05, 3.63) is 61.9 Å². The zero-order valence-corrected chi connectivity index (χ0v) is 13.6. The van der Waals surface area contributed by atoms with Gasteiger partial charge in [0.05, 0.1) is 6.10 Å². The highest BCUT2D eigenvalue weighted by Gasteiger charge is 2.21. The molecule has 94 valence electrons. The number of aromatic nitrogens is 1. The number of aliphatic hydroxyl groups is 1. The molecule has 2 rings (SSSR count). The highest BCUT2D eigenvalue weighted by molar-refractivity contribution is 14.1. The molecule has 1 aromatic carbocycles. The van der Waals surface area contributed by atoms with Crippen molar-refractivity contribution >= 4 is 38.5 Å². The van der Waals surface area contributed by atoms with Crippen molar-refractivity contribution in [2.75, 3.05) is 0 Å². The van der Waals surface area contributed by atoms with E-state index in [9.17, 15) is 5.11 Å². The molecule has 2 atom stereocenters. The number of hydrogen-bond donors (Lipinski definition) is 1. The first kappa shape index (κ1) is 14.0. The van der Waals surface area contributed by atoms with Crippen molar-refractivity contribution < 1.29 is 5.11 Å². The van der Waals surface area contributed by atoms with Gasteiger partial charge in [0, 0.05) is 25.9 Å². The Kier molecular flexibility index (Phi) is 4.75. The monoisotopic (exact) mass is 417 g/mol. The van der Waals surface area contributed by atoms with Crippen LogP contribution in [0.4, 0.5) is 0 Å². The number of rotatable bonds is 3. The van der Waals surface area contributed by atoms with E-state index in [0.29, 0.717) is 0 Å². The first-order chi connectivity index (χ1) is 8.59. The lowest BCUT2D eigenvalue weighted by Gasteiger charge is -2.20. The first-order valence-electron chi connectivity index (χ1n) is 5.63. The summed E-state index contributed by atoms with van der Waals surface area (Å²) in [7, 11) is 0. The number of pyridine rings is 1. The Morgan fingerprint density at radius 2 is 2.06 bits per heavy atom. The predicted molar refractivity (Wildman–Crippen MR) is 84.5 cm³/mol. The SMILES string of the molecule is CC(c1ccccn1)C(O)c1cc(I)ccc1Br. The maximum absolute atomic E-state index is 10.5. The van der Waals surface area contributed by atoms with Crippen LogP contribution in [0.2, 0.25) is 0 Å². The average Bonchev–Trinajstić information content (AvgIpc) is 2.41. The summed E-state index contributed by atoms with van der Waals surface area (Å²) in [6.07, 6.45) is 1.19. The number of hydrogen-bond acceptors (Lipinski definition) is 2. The smallest absolute Gasteiger partial charge is 0.0882 e. The molecule has 0 bridgehead atoms. The van der Waals surface area contributed by atoms with E-state index in [4.69, 9.17) is 0 Å². The van der Waals surface area contributed by atoms with Crippen molar-refractivity contribution in [3.63, 3.8) is 0 Å². The standard InChI is InChI=1S/C14H13BrINO/c1-9(13-4-2-3-7-17-13)14(18)11-8-10(16)5-6-12(11)15/h2-9,14,18H,1H3. The molecule has 0 amide bonds. The molecule has 0 spiro atoms. The number of nitrogens with zero attached hydrogens (tertiary/aromatic N) is 1. The van der Waals surface area contributed by atoms with Gasteiger partial charge in [-0.05, 0) is 58.5 Å². The van der Waals surface area contributed by atoms with Crippen molar-refractivity contribution in [2.24, 2.45) is 0 Å². The van der Waals surface area contributed by atoms with Gasteiger partial charge in [0.15, 0.2) is 0 Å². The van der Waals surface area contributed by atoms with Crippen LogP contribution in [0.1, 0.15) is 30.2 Å². The fraction of sp³-hybridized carbons (Fsp3) is 0.214. The highest BCUT2D eigenvalue weighted by atomic mass is 127. The maximum atomic E-state index is 10.5. The number of aliphatic hydroxyl groups excluding tert-OH is 1. The van der Waals surface area contributed by atoms with Crippen LogP contribution in [0.15, 0.2) is 47.1 Å². The molecule has 4 heteroatoms. The van der Waals surface area contributed by atoms with Gasteiger partial charge in [-0.1, -0.05) is 28.9 Å². The summed E-state index contributed by atoms with van der Waals surface area (Å²) in [5.74, 6) is -0.0410. The first-order valence-corrected chi connectivity index (χ1v) is 7.50. The Morgan fingerprint density at radius 3 is 2.72 bits per heavy atom. The zero-order chi connectivity index (χ0) is 13.1. The second-order valence-corrected chi connectivity index (χ2v) is 6.25. The molecule has 2 unspecified atom stereocenters. The normalized spacial score (nSPS) is 14.2. The Morgan fingerprint density at radius 1 is 1.28 bits per heavy atom. The summed E-state index contributed by atoms with van der Waals surface area (Å²) in [4.78, 5) is 4.30. The minimum absolute atomic E-state index is 0.0410. The molecule has 18 heavy (non-hydrogen) atoms. The van der Waals surface area contributed by atoms with E-state index in [1.54, 1.807) is 6.20 Å². The Labute approximate surface area is 129 Å². The van der Waals surface area contributed by atoms with Gasteiger partial charge in [-0.25, -0.2) is 0 Å². The molecule has 2 aromatic rings. The van der Waals surface area contributed by atoms with Crippen LogP contribution < -0.4 is 0 Å². The van der Waals surface area contributed by atoms with Gasteiger partial charge in [-0.2, -0.15) is 0 Å². The predicted octanol–water partition coefficient (Wildman–Crippen LogP) is 4.29. The third kappa shape index (κ3) is 3.10. The van der Waals surface area contributed by atoms with Gasteiger partial charge in [-0.3, -0.25) is 4.98 Å². The molecule has 0 saturated heterocycles. The summed E-state index contributed by atoms with van der Waals surface area (Å²) in [6.45, 7) is 1.99. The molecule has 1 N–H and O–H groups in total. The molecule has 2 nitrogen and oxygen atoms in total. The third-order valence-corrected chi connectivity index (χ3v) is 4.30. The van der Waals surface area contributed by atoms with Gasteiger partial charge < -0.3 is 5.11 Å². The fourth-order valence-corrected chi connectivity index (χ4v) is 2.81. The summed E-state index contributed by atoms with van der Waals surface area (Å²) < 4.78 is 2.04. The molecule has 0 aliphatic carbocycles. The van der Waals surface area contributed by atoms with Gasteiger partial charge in [0.1, 0.15) is 0 Å². The van der Waals surface area contributed by atoms with Crippen LogP contribution >= 0.6 is 38.5 Å². The summed E-state index contributed by atoms with van der Waals surface area (Å²) in [5, 5.41) is 10.5. The molecule has 0 saturated carbocycles. The lowest BCUT2D eigenvalue weighted by Crippen LogP contribution is -2.10. The van der Waals surface area contributed by atoms with Crippen LogP contribution in [0.3, 0.4) is 0 Å². The van der Waals surface area contributed by atoms with Crippen molar-refractivity contribution in [2.45, 2.75) is 18.9 Å². The minimum Gasteiger partial charge on any atom is -0.388 e. The molecule has 1 aromatic heterocycles. The number of benzene rings is 1. The Hall–Kier alpha value is -0.460. The Balaban J connectivity index is 2.31. The van der Waals surface area contributed by atoms with Crippen molar-refractivity contribution in [3.8, 4) is 0 Å². The lowest BCUT2D eigenvalue weighted by atomic mass is 9.94. The molecule has 0 fully saturated rings. The van der Waals surface area contributed by atoms with E-state index in [1.807, 2.05) is 43.3 Å². The molecular formula is C14H13BrINO. The fourth-order valence-electron chi connectivity index (χ4n) is 1.82. The quantitative estimate of drug-likeness (QED) is 0.756. The highest BCUT2D eigenvalue weighted by Crippen LogP contribution is 2.34. The molecule has 0 aliphatic rings. The molecule has 0 radical (unpaired) electrons. The largest absolute Gasteiger partial charge is 0.388 e. The molecular weight excluding hydrogens is 405 g/mol. The van der Waals surface area contributed by atoms with Gasteiger partial charge in [0.25, 0.3) is 0 Å². The summed E-state index contributed by atoms with van der Waals surface area (Å²) in [6, 6.07) is 11.7. The molecule has 0 aliphatic heterocycles. The lowest BCUT2D eigenvalue weighted by molar-refractivity contribution is 0.149. The van der Waals surface area contributed by atoms with Gasteiger partial charge >= 0.3 is 0 Å². The van der Waals surface area contributed by atoms with Crippen LogP contribution in [0.25, 0.3) is 0 Å². The van der Waals surface area contributed by atoms with Crippen LogP contribution in [0, 0.1) is 3.57 Å². The zero-order valence-electron chi connectivity index (χ0n) is 9.85. The summed E-state index contributed by atoms with van der Waals surface area (Å²) in [5.41, 5.74) is 1.80. The second-order valence-electron chi connectivity index (χ2n) is 4.15. The second kappa shape index (κ2) is 6.12. The maximum Gasteiger partial charge on any atom is 0.0882 e. The summed E-state index contributed by atoms with van der Waals surface area (Å²) >= 11 is 5.73. The minimum atomic E-state index is -0.566. The number of halogens is 2. The van der Waals surface area contributed by atoms with E-state index in [1.165, 1.54) is 0 Å². The van der Waals surface area contributed by atoms with E-state index in [-0.39, 0.29) is 5.92 Å². The topological polar surface area (TPSA) is 33.1 Å². The van der Waals surface area contributed by atoms with Crippen molar-refractivity contribution in [1.29, 1.82) is 0 Å². The van der Waals surface area contributed by atoms with Gasteiger partial charge in [-0.15, -0.1) is 0 Å². The van der Waals surface area contributed by atoms with Crippen LogP contribution in [0.5, 0.6) is 0 Å². The third-order valence-electron chi connectivity index (χ3n) is 2.90. The van der Waals surface area contributed by atoms with Gasteiger partial charge in [0.2, 0.25) is 0 Å². The van der Waals surface area contributed by atoms with Crippen LogP contribution in [-0.2, 0) is 0 Å². The van der Waals surface area contributed by atoms with E-state index >= 15 is 0 Å². The van der Waals surface area contributed by atoms with Crippen LogP contribution in [-0.4, -0.2) is 10.1 Å². The van der Waals surface area contributed by atoms with E-state index < -0.39 is 6.10 Å².